The molecule has 0 aliphatic heterocycles. The van der Waals surface area contributed by atoms with E-state index >= 15 is 0 Å². The van der Waals surface area contributed by atoms with Gasteiger partial charge in [-0.2, -0.15) is 10.5 Å². The Balaban J connectivity index is 2.28. The molecule has 1 aliphatic rings. The van der Waals surface area contributed by atoms with Crippen molar-refractivity contribution in [3.63, 3.8) is 0 Å². The van der Waals surface area contributed by atoms with Crippen molar-refractivity contribution in [3.05, 3.63) is 57.3 Å². The predicted molar refractivity (Wildman–Crippen MR) is 102 cm³/mol. The van der Waals surface area contributed by atoms with Crippen LogP contribution in [0.15, 0.2) is 23.8 Å². The molecule has 26 heavy (non-hydrogen) atoms. The molecule has 0 spiro atoms. The molecule has 1 aromatic carbocycles. The maximum Gasteiger partial charge on any atom is 0.142 e. The Hall–Kier alpha value is -3.57. The number of nitriles is 2. The van der Waals surface area contributed by atoms with Crippen molar-refractivity contribution >= 4 is 23.0 Å². The molecule has 0 radical (unpaired) electrons. The summed E-state index contributed by atoms with van der Waals surface area (Å²) in [6.07, 6.45) is 2.01. The smallest absolute Gasteiger partial charge is 0.142 e. The van der Waals surface area contributed by atoms with Gasteiger partial charge in [-0.15, -0.1) is 0 Å². The monoisotopic (exact) mass is 342 g/mol. The molecule has 0 unspecified atom stereocenters. The first-order valence-corrected chi connectivity index (χ1v) is 8.11. The van der Waals surface area contributed by atoms with Gasteiger partial charge in [0.15, 0.2) is 0 Å². The molecule has 5 nitrogen and oxygen atoms in total. The maximum atomic E-state index is 9.59. The molecule has 1 aromatic heterocycles. The van der Waals surface area contributed by atoms with Crippen molar-refractivity contribution < 1.29 is 4.74 Å². The van der Waals surface area contributed by atoms with Gasteiger partial charge in [0.25, 0.3) is 0 Å². The number of anilines is 1. The fourth-order valence-corrected chi connectivity index (χ4v) is 3.35. The number of ether oxygens (including phenoxy) is 1. The number of allylic oxidation sites excluding steroid dienone is 3. The van der Waals surface area contributed by atoms with E-state index in [1.807, 2.05) is 45.0 Å². The van der Waals surface area contributed by atoms with E-state index in [2.05, 4.69) is 17.1 Å². The van der Waals surface area contributed by atoms with Gasteiger partial charge in [0.2, 0.25) is 0 Å². The van der Waals surface area contributed by atoms with E-state index in [0.717, 1.165) is 39.1 Å². The molecule has 3 rings (SSSR count). The molecule has 1 heterocycles. The molecule has 0 atom stereocenters. The third-order valence-electron chi connectivity index (χ3n) is 4.71. The van der Waals surface area contributed by atoms with Gasteiger partial charge in [-0.3, -0.25) is 0 Å². The summed E-state index contributed by atoms with van der Waals surface area (Å²) in [6.45, 7) is 5.72. The molecule has 0 amide bonds. The van der Waals surface area contributed by atoms with Crippen LogP contribution in [0.25, 0.3) is 17.2 Å². The number of hydrogen-bond acceptors (Lipinski definition) is 5. The fraction of sp³-hybridized carbons (Fsp3) is 0.190. The molecular formula is C21H18N4O. The minimum atomic E-state index is 0.158. The Labute approximate surface area is 152 Å². The number of rotatable bonds is 2. The van der Waals surface area contributed by atoms with Crippen LogP contribution in [-0.2, 0) is 0 Å². The molecule has 0 saturated heterocycles. The van der Waals surface area contributed by atoms with E-state index in [4.69, 9.17) is 10.5 Å². The number of pyridine rings is 1. The number of nitrogen functional groups attached to an aromatic ring is 1. The van der Waals surface area contributed by atoms with Crippen LogP contribution in [0, 0.1) is 36.5 Å². The summed E-state index contributed by atoms with van der Waals surface area (Å²) in [7, 11) is 1.64. The Bertz CT molecular complexity index is 1080. The summed E-state index contributed by atoms with van der Waals surface area (Å²) < 4.78 is 5.31. The lowest BCUT2D eigenvalue weighted by Crippen LogP contribution is -2.03. The molecule has 128 valence electrons. The number of aromatic nitrogens is 1. The van der Waals surface area contributed by atoms with E-state index in [9.17, 15) is 10.5 Å². The van der Waals surface area contributed by atoms with Gasteiger partial charge in [0.05, 0.1) is 23.9 Å². The number of fused-ring (bicyclic) bond motifs is 1. The summed E-state index contributed by atoms with van der Waals surface area (Å²) in [5.41, 5.74) is 12.6. The van der Waals surface area contributed by atoms with Crippen LogP contribution in [0.2, 0.25) is 0 Å². The Morgan fingerprint density at radius 3 is 2.46 bits per heavy atom. The average Bonchev–Trinajstić information content (AvgIpc) is 2.86. The van der Waals surface area contributed by atoms with Crippen molar-refractivity contribution in [2.45, 2.75) is 20.8 Å². The molecule has 1 aliphatic carbocycles. The van der Waals surface area contributed by atoms with Gasteiger partial charge in [0, 0.05) is 5.56 Å². The second-order valence-corrected chi connectivity index (χ2v) is 6.23. The quantitative estimate of drug-likeness (QED) is 0.889. The standard InChI is InChI=1S/C21H18N4O/c1-11-7-14(5-6-18(11)26-4)8-15-12(2)16(9-22)20-19(15)13(3)17(10-23)21(24)25-20/h5-8H,1-4H3,(H2,24,25)/b15-8+. The van der Waals surface area contributed by atoms with Gasteiger partial charge in [-0.1, -0.05) is 6.07 Å². The van der Waals surface area contributed by atoms with Gasteiger partial charge in [-0.25, -0.2) is 4.98 Å². The second kappa shape index (κ2) is 6.38. The minimum Gasteiger partial charge on any atom is -0.496 e. The van der Waals surface area contributed by atoms with Crippen LogP contribution in [-0.4, -0.2) is 12.1 Å². The lowest BCUT2D eigenvalue weighted by atomic mass is 9.95. The van der Waals surface area contributed by atoms with Crippen LogP contribution < -0.4 is 10.5 Å². The van der Waals surface area contributed by atoms with Crippen LogP contribution in [0.5, 0.6) is 5.75 Å². The average molecular weight is 342 g/mol. The molecule has 2 aromatic rings. The highest BCUT2D eigenvalue weighted by Gasteiger charge is 2.29. The minimum absolute atomic E-state index is 0.158. The number of aryl methyl sites for hydroxylation is 1. The van der Waals surface area contributed by atoms with Crippen molar-refractivity contribution in [1.29, 1.82) is 10.5 Å². The predicted octanol–water partition coefficient (Wildman–Crippen LogP) is 4.01. The van der Waals surface area contributed by atoms with E-state index in [0.29, 0.717) is 16.8 Å². The molecular weight excluding hydrogens is 324 g/mol. The third kappa shape index (κ3) is 2.51. The lowest BCUT2D eigenvalue weighted by Gasteiger charge is -2.11. The third-order valence-corrected chi connectivity index (χ3v) is 4.71. The van der Waals surface area contributed by atoms with Crippen molar-refractivity contribution in [2.24, 2.45) is 0 Å². The summed E-state index contributed by atoms with van der Waals surface area (Å²) in [4.78, 5) is 4.34. The first-order chi connectivity index (χ1) is 12.4. The van der Waals surface area contributed by atoms with Gasteiger partial charge >= 0.3 is 0 Å². The van der Waals surface area contributed by atoms with Crippen LogP contribution in [0.3, 0.4) is 0 Å². The highest BCUT2D eigenvalue weighted by Crippen LogP contribution is 2.44. The largest absolute Gasteiger partial charge is 0.496 e. The maximum absolute atomic E-state index is 9.59. The Morgan fingerprint density at radius 1 is 1.15 bits per heavy atom. The van der Waals surface area contributed by atoms with Gasteiger partial charge < -0.3 is 10.5 Å². The lowest BCUT2D eigenvalue weighted by molar-refractivity contribution is 0.411. The summed E-state index contributed by atoms with van der Waals surface area (Å²) in [5, 5.41) is 19.0. The van der Waals surface area contributed by atoms with Crippen LogP contribution >= 0.6 is 0 Å². The molecule has 0 fully saturated rings. The van der Waals surface area contributed by atoms with Gasteiger partial charge in [0.1, 0.15) is 23.7 Å². The molecule has 0 saturated carbocycles. The van der Waals surface area contributed by atoms with Crippen LogP contribution in [0.4, 0.5) is 5.82 Å². The zero-order valence-corrected chi connectivity index (χ0v) is 15.1. The molecule has 5 heteroatoms. The number of benzene rings is 1. The number of nitrogens with two attached hydrogens (primary N) is 1. The number of methoxy groups -OCH3 is 1. The van der Waals surface area contributed by atoms with Crippen LogP contribution in [0.1, 0.15) is 40.4 Å². The SMILES string of the molecule is COc1ccc(/C=C2\C(C)=C(C#N)c3nc(N)c(C#N)c(C)c32)cc1C. The summed E-state index contributed by atoms with van der Waals surface area (Å²) >= 11 is 0. The number of hydrogen-bond donors (Lipinski definition) is 1. The second-order valence-electron chi connectivity index (χ2n) is 6.23. The first kappa shape index (κ1) is 17.3. The van der Waals surface area contributed by atoms with E-state index in [1.54, 1.807) is 7.11 Å². The first-order valence-electron chi connectivity index (χ1n) is 8.11. The Kier molecular flexibility index (Phi) is 4.24. The zero-order valence-electron chi connectivity index (χ0n) is 15.1. The van der Waals surface area contributed by atoms with E-state index in [-0.39, 0.29) is 5.82 Å². The van der Waals surface area contributed by atoms with Crippen molar-refractivity contribution in [3.8, 4) is 17.9 Å². The van der Waals surface area contributed by atoms with Crippen molar-refractivity contribution in [1.82, 2.24) is 4.98 Å². The summed E-state index contributed by atoms with van der Waals surface area (Å²) in [6, 6.07) is 10.2. The van der Waals surface area contributed by atoms with E-state index < -0.39 is 0 Å². The van der Waals surface area contributed by atoms with Crippen molar-refractivity contribution in [2.75, 3.05) is 12.8 Å². The topological polar surface area (TPSA) is 95.7 Å². The highest BCUT2D eigenvalue weighted by molar-refractivity contribution is 6.08. The van der Waals surface area contributed by atoms with E-state index in [1.165, 1.54) is 0 Å². The zero-order chi connectivity index (χ0) is 19.0. The fourth-order valence-electron chi connectivity index (χ4n) is 3.35. The summed E-state index contributed by atoms with van der Waals surface area (Å²) in [5.74, 6) is 0.979. The normalized spacial score (nSPS) is 14.2. The molecule has 0 bridgehead atoms. The molecule has 2 N–H and O–H groups in total. The Morgan fingerprint density at radius 2 is 1.88 bits per heavy atom. The highest BCUT2D eigenvalue weighted by atomic mass is 16.5. The number of nitrogens with zero attached hydrogens (tertiary/aromatic N) is 3. The van der Waals surface area contributed by atoms with Gasteiger partial charge in [-0.05, 0) is 66.8 Å².